The molecule has 7 heteroatoms. The van der Waals surface area contributed by atoms with Gasteiger partial charge in [0.2, 0.25) is 0 Å². The summed E-state index contributed by atoms with van der Waals surface area (Å²) in [7, 11) is 0. The minimum Gasteiger partial charge on any atom is -0.478 e. The smallest absolute Gasteiger partial charge is 0.328 e. The van der Waals surface area contributed by atoms with Crippen LogP contribution in [-0.2, 0) is 4.79 Å². The predicted octanol–water partition coefficient (Wildman–Crippen LogP) is 2.88. The van der Waals surface area contributed by atoms with Crippen LogP contribution in [0.1, 0.15) is 5.56 Å². The fourth-order valence-electron chi connectivity index (χ4n) is 1.57. The van der Waals surface area contributed by atoms with Gasteiger partial charge in [-0.3, -0.25) is 15.1 Å². The molecule has 0 spiro atoms. The number of nitro benzene ring substituents is 1. The maximum Gasteiger partial charge on any atom is 0.328 e. The van der Waals surface area contributed by atoms with Crippen LogP contribution in [0, 0.1) is 10.1 Å². The Kier molecular flexibility index (Phi) is 4.25. The third kappa shape index (κ3) is 3.87. The Morgan fingerprint density at radius 1 is 1.38 bits per heavy atom. The van der Waals surface area contributed by atoms with E-state index >= 15 is 0 Å². The van der Waals surface area contributed by atoms with Crippen LogP contribution >= 0.6 is 0 Å². The molecule has 0 saturated carbocycles. The van der Waals surface area contributed by atoms with Crippen LogP contribution in [0.5, 0.6) is 11.5 Å². The van der Waals surface area contributed by atoms with E-state index in [2.05, 4.69) is 4.98 Å². The second-order valence-electron chi connectivity index (χ2n) is 3.94. The lowest BCUT2D eigenvalue weighted by Gasteiger charge is -2.08. The molecule has 0 saturated heterocycles. The lowest BCUT2D eigenvalue weighted by Crippen LogP contribution is -1.93. The topological polar surface area (TPSA) is 103 Å². The molecule has 0 atom stereocenters. The fraction of sp³-hybridized carbons (Fsp3) is 0. The highest BCUT2D eigenvalue weighted by atomic mass is 16.6. The molecule has 1 heterocycles. The number of nitro groups is 1. The maximum absolute atomic E-state index is 10.8. The summed E-state index contributed by atoms with van der Waals surface area (Å²) in [6, 6.07) is 7.27. The number of carboxylic acid groups (broad SMARTS) is 1. The zero-order chi connectivity index (χ0) is 15.2. The zero-order valence-electron chi connectivity index (χ0n) is 10.7. The van der Waals surface area contributed by atoms with Gasteiger partial charge in [0.25, 0.3) is 5.69 Å². The number of benzene rings is 1. The van der Waals surface area contributed by atoms with Gasteiger partial charge in [0, 0.05) is 30.0 Å². The van der Waals surface area contributed by atoms with Crippen molar-refractivity contribution in [3.63, 3.8) is 0 Å². The Balaban J connectivity index is 2.39. The molecule has 0 amide bonds. The van der Waals surface area contributed by atoms with Crippen LogP contribution in [0.2, 0.25) is 0 Å². The normalized spacial score (nSPS) is 10.5. The van der Waals surface area contributed by atoms with Crippen molar-refractivity contribution in [1.82, 2.24) is 4.98 Å². The molecule has 106 valence electrons. The van der Waals surface area contributed by atoms with Gasteiger partial charge in [-0.1, -0.05) is 0 Å². The Bertz CT molecular complexity index is 698. The van der Waals surface area contributed by atoms with Gasteiger partial charge in [-0.25, -0.2) is 4.79 Å². The van der Waals surface area contributed by atoms with Crippen molar-refractivity contribution in [2.45, 2.75) is 0 Å². The Morgan fingerprint density at radius 3 is 2.81 bits per heavy atom. The number of pyridine rings is 1. The first-order valence-electron chi connectivity index (χ1n) is 5.83. The van der Waals surface area contributed by atoms with E-state index in [0.717, 1.165) is 6.08 Å². The van der Waals surface area contributed by atoms with Gasteiger partial charge >= 0.3 is 5.97 Å². The molecular weight excluding hydrogens is 276 g/mol. The molecule has 0 aliphatic heterocycles. The van der Waals surface area contributed by atoms with E-state index < -0.39 is 10.9 Å². The van der Waals surface area contributed by atoms with Crippen molar-refractivity contribution in [3.05, 3.63) is 64.5 Å². The standard InChI is InChI=1S/C14H10N2O5/c17-14(18)6-3-10-8-11(16(19)20)4-5-13(10)21-12-2-1-7-15-9-12/h1-9H,(H,17,18)/b6-3+. The fourth-order valence-corrected chi connectivity index (χ4v) is 1.57. The first kappa shape index (κ1) is 14.2. The Labute approximate surface area is 119 Å². The largest absolute Gasteiger partial charge is 0.478 e. The molecule has 1 aromatic heterocycles. The highest BCUT2D eigenvalue weighted by Gasteiger charge is 2.11. The van der Waals surface area contributed by atoms with Gasteiger partial charge in [-0.05, 0) is 24.3 Å². The molecular formula is C14H10N2O5. The van der Waals surface area contributed by atoms with E-state index in [1.807, 2.05) is 0 Å². The molecule has 0 fully saturated rings. The zero-order valence-corrected chi connectivity index (χ0v) is 10.7. The summed E-state index contributed by atoms with van der Waals surface area (Å²) in [6.07, 6.45) is 5.18. The van der Waals surface area contributed by atoms with Crippen molar-refractivity contribution in [1.29, 1.82) is 0 Å². The first-order valence-corrected chi connectivity index (χ1v) is 5.83. The van der Waals surface area contributed by atoms with Gasteiger partial charge in [0.15, 0.2) is 0 Å². The van der Waals surface area contributed by atoms with Crippen molar-refractivity contribution in [2.24, 2.45) is 0 Å². The summed E-state index contributed by atoms with van der Waals surface area (Å²) in [5.41, 5.74) is 0.133. The molecule has 0 bridgehead atoms. The molecule has 1 N–H and O–H groups in total. The van der Waals surface area contributed by atoms with Crippen LogP contribution in [-0.4, -0.2) is 21.0 Å². The Hall–Kier alpha value is -3.22. The molecule has 0 unspecified atom stereocenters. The average Bonchev–Trinajstić information content (AvgIpc) is 2.47. The van der Waals surface area contributed by atoms with Crippen LogP contribution in [0.4, 0.5) is 5.69 Å². The van der Waals surface area contributed by atoms with Crippen molar-refractivity contribution >= 4 is 17.7 Å². The summed E-state index contributed by atoms with van der Waals surface area (Å²) in [5, 5.41) is 19.4. The molecule has 7 nitrogen and oxygen atoms in total. The minimum atomic E-state index is -1.16. The highest BCUT2D eigenvalue weighted by molar-refractivity contribution is 5.86. The quantitative estimate of drug-likeness (QED) is 0.515. The van der Waals surface area contributed by atoms with Gasteiger partial charge in [-0.2, -0.15) is 0 Å². The molecule has 21 heavy (non-hydrogen) atoms. The van der Waals surface area contributed by atoms with Crippen LogP contribution in [0.25, 0.3) is 6.08 Å². The SMILES string of the molecule is O=C(O)/C=C/c1cc([N+](=O)[O-])ccc1Oc1cccnc1. The number of carbonyl (C=O) groups is 1. The number of non-ortho nitro benzene ring substituents is 1. The van der Waals surface area contributed by atoms with Gasteiger partial charge in [0.1, 0.15) is 11.5 Å². The summed E-state index contributed by atoms with van der Waals surface area (Å²) in [4.78, 5) is 24.7. The number of nitrogens with zero attached hydrogens (tertiary/aromatic N) is 2. The van der Waals surface area contributed by atoms with Crippen molar-refractivity contribution in [2.75, 3.05) is 0 Å². The average molecular weight is 286 g/mol. The third-order valence-electron chi connectivity index (χ3n) is 2.47. The van der Waals surface area contributed by atoms with E-state index in [9.17, 15) is 14.9 Å². The van der Waals surface area contributed by atoms with Gasteiger partial charge in [-0.15, -0.1) is 0 Å². The monoisotopic (exact) mass is 286 g/mol. The van der Waals surface area contributed by atoms with Crippen molar-refractivity contribution in [3.8, 4) is 11.5 Å². The van der Waals surface area contributed by atoms with Gasteiger partial charge < -0.3 is 9.84 Å². The summed E-state index contributed by atoms with van der Waals surface area (Å²) in [6.45, 7) is 0. The molecule has 1 aromatic carbocycles. The molecule has 0 aliphatic carbocycles. The van der Waals surface area contributed by atoms with E-state index in [1.54, 1.807) is 18.3 Å². The maximum atomic E-state index is 10.8. The molecule has 0 aliphatic rings. The van der Waals surface area contributed by atoms with E-state index in [-0.39, 0.29) is 11.3 Å². The first-order chi connectivity index (χ1) is 10.1. The van der Waals surface area contributed by atoms with Crippen LogP contribution in [0.15, 0.2) is 48.8 Å². The third-order valence-corrected chi connectivity index (χ3v) is 2.47. The number of rotatable bonds is 5. The summed E-state index contributed by atoms with van der Waals surface area (Å²) >= 11 is 0. The predicted molar refractivity (Wildman–Crippen MR) is 74.1 cm³/mol. The molecule has 2 rings (SSSR count). The second-order valence-corrected chi connectivity index (χ2v) is 3.94. The molecule has 0 radical (unpaired) electrons. The minimum absolute atomic E-state index is 0.154. The van der Waals surface area contributed by atoms with Crippen molar-refractivity contribution < 1.29 is 19.6 Å². The number of aliphatic carboxylic acids is 1. The van der Waals surface area contributed by atoms with Crippen LogP contribution in [0.3, 0.4) is 0 Å². The van der Waals surface area contributed by atoms with Crippen LogP contribution < -0.4 is 4.74 Å². The number of hydrogen-bond donors (Lipinski definition) is 1. The summed E-state index contributed by atoms with van der Waals surface area (Å²) < 4.78 is 5.55. The molecule has 2 aromatic rings. The highest BCUT2D eigenvalue weighted by Crippen LogP contribution is 2.29. The second kappa shape index (κ2) is 6.29. The van der Waals surface area contributed by atoms with E-state index in [1.165, 1.54) is 30.5 Å². The Morgan fingerprint density at radius 2 is 2.19 bits per heavy atom. The number of ether oxygens (including phenoxy) is 1. The number of aromatic nitrogens is 1. The summed E-state index contributed by atoms with van der Waals surface area (Å²) in [5.74, 6) is -0.420. The van der Waals surface area contributed by atoms with Gasteiger partial charge in [0.05, 0.1) is 11.1 Å². The number of hydrogen-bond acceptors (Lipinski definition) is 5. The number of carboxylic acids is 1. The lowest BCUT2D eigenvalue weighted by molar-refractivity contribution is -0.384. The lowest BCUT2D eigenvalue weighted by atomic mass is 10.1. The van der Waals surface area contributed by atoms with E-state index in [4.69, 9.17) is 9.84 Å². The van der Waals surface area contributed by atoms with E-state index in [0.29, 0.717) is 11.5 Å².